The molecule has 1 aromatic carbocycles. The number of hydrogen-bond acceptors (Lipinski definition) is 4. The van der Waals surface area contributed by atoms with Gasteiger partial charge in [-0.05, 0) is 63.3 Å². The van der Waals surface area contributed by atoms with E-state index in [1.54, 1.807) is 0 Å². The van der Waals surface area contributed by atoms with E-state index >= 15 is 0 Å². The summed E-state index contributed by atoms with van der Waals surface area (Å²) in [6.07, 6.45) is 7.92. The standard InChI is InChI=1S/C24H32N6O.HI/c1-3-25-24(26-14-13-23-29-28-22-10-6-7-15-30(22)23)27-17-19-12-11-18(2)16-21(19)31-20-8-4-5-9-20;/h6-7,10-12,15-16,20H,3-5,8-9,13-14,17H2,1-2H3,(H2,25,26,27);1H. The number of nitrogens with zero attached hydrogens (tertiary/aromatic N) is 4. The fraction of sp³-hybridized carbons (Fsp3) is 0.458. The maximum absolute atomic E-state index is 6.32. The Balaban J connectivity index is 0.00000289. The van der Waals surface area contributed by atoms with Crippen LogP contribution in [0.25, 0.3) is 5.65 Å². The van der Waals surface area contributed by atoms with Crippen molar-refractivity contribution in [3.05, 3.63) is 59.5 Å². The van der Waals surface area contributed by atoms with Gasteiger partial charge in [-0.25, -0.2) is 4.99 Å². The van der Waals surface area contributed by atoms with Gasteiger partial charge >= 0.3 is 0 Å². The summed E-state index contributed by atoms with van der Waals surface area (Å²) in [5.74, 6) is 2.70. The molecule has 7 nitrogen and oxygen atoms in total. The van der Waals surface area contributed by atoms with Crippen LogP contribution in [-0.2, 0) is 13.0 Å². The molecule has 0 bridgehead atoms. The van der Waals surface area contributed by atoms with Crippen molar-refractivity contribution in [3.63, 3.8) is 0 Å². The van der Waals surface area contributed by atoms with Gasteiger partial charge in [-0.2, -0.15) is 0 Å². The van der Waals surface area contributed by atoms with Gasteiger partial charge in [0, 0.05) is 31.3 Å². The van der Waals surface area contributed by atoms with Crippen LogP contribution in [0.1, 0.15) is 49.6 Å². The Morgan fingerprint density at radius 2 is 2.00 bits per heavy atom. The molecule has 1 aliphatic rings. The lowest BCUT2D eigenvalue weighted by atomic mass is 10.1. The van der Waals surface area contributed by atoms with Crippen LogP contribution in [-0.4, -0.2) is 39.8 Å². The first kappa shape index (κ1) is 24.3. The summed E-state index contributed by atoms with van der Waals surface area (Å²) in [6, 6.07) is 12.3. The predicted molar refractivity (Wildman–Crippen MR) is 139 cm³/mol. The molecule has 0 spiro atoms. The van der Waals surface area contributed by atoms with Crippen LogP contribution in [0.4, 0.5) is 0 Å². The van der Waals surface area contributed by atoms with Crippen molar-refractivity contribution < 1.29 is 4.74 Å². The maximum Gasteiger partial charge on any atom is 0.191 e. The molecule has 4 rings (SSSR count). The van der Waals surface area contributed by atoms with E-state index in [1.165, 1.54) is 18.4 Å². The summed E-state index contributed by atoms with van der Waals surface area (Å²) in [4.78, 5) is 4.80. The van der Waals surface area contributed by atoms with E-state index < -0.39 is 0 Å². The highest BCUT2D eigenvalue weighted by Crippen LogP contribution is 2.28. The van der Waals surface area contributed by atoms with Crippen LogP contribution in [0.2, 0.25) is 0 Å². The number of benzene rings is 1. The number of aryl methyl sites for hydroxylation is 1. The molecule has 8 heteroatoms. The van der Waals surface area contributed by atoms with Crippen molar-refractivity contribution in [1.29, 1.82) is 0 Å². The van der Waals surface area contributed by atoms with Gasteiger partial charge in [0.15, 0.2) is 11.6 Å². The first-order chi connectivity index (χ1) is 15.2. The molecule has 1 aliphatic carbocycles. The van der Waals surface area contributed by atoms with Crippen LogP contribution in [0, 0.1) is 6.92 Å². The van der Waals surface area contributed by atoms with Crippen LogP contribution in [0.5, 0.6) is 5.75 Å². The summed E-state index contributed by atoms with van der Waals surface area (Å²) in [5.41, 5.74) is 3.21. The molecule has 1 fully saturated rings. The molecule has 3 aromatic rings. The number of fused-ring (bicyclic) bond motifs is 1. The average Bonchev–Trinajstić information content (AvgIpc) is 3.43. The van der Waals surface area contributed by atoms with E-state index in [2.05, 4.69) is 52.9 Å². The molecule has 0 atom stereocenters. The Hall–Kier alpha value is -2.36. The minimum Gasteiger partial charge on any atom is -0.490 e. The number of nitrogens with one attached hydrogen (secondary N) is 2. The van der Waals surface area contributed by atoms with Gasteiger partial charge in [0.1, 0.15) is 11.6 Å². The van der Waals surface area contributed by atoms with Crippen LogP contribution >= 0.6 is 24.0 Å². The summed E-state index contributed by atoms with van der Waals surface area (Å²) in [7, 11) is 0. The number of ether oxygens (including phenoxy) is 1. The van der Waals surface area contributed by atoms with Gasteiger partial charge in [-0.15, -0.1) is 34.2 Å². The lowest BCUT2D eigenvalue weighted by Crippen LogP contribution is -2.38. The van der Waals surface area contributed by atoms with Gasteiger partial charge in [0.2, 0.25) is 0 Å². The second-order valence-electron chi connectivity index (χ2n) is 8.05. The van der Waals surface area contributed by atoms with Crippen molar-refractivity contribution in [2.45, 2.75) is 58.6 Å². The third-order valence-corrected chi connectivity index (χ3v) is 5.60. The molecule has 1 saturated carbocycles. The van der Waals surface area contributed by atoms with Gasteiger partial charge in [-0.3, -0.25) is 4.40 Å². The first-order valence-electron chi connectivity index (χ1n) is 11.3. The molecule has 0 amide bonds. The molecule has 32 heavy (non-hydrogen) atoms. The highest BCUT2D eigenvalue weighted by Gasteiger charge is 2.18. The predicted octanol–water partition coefficient (Wildman–Crippen LogP) is 4.27. The summed E-state index contributed by atoms with van der Waals surface area (Å²) < 4.78 is 8.34. The zero-order chi connectivity index (χ0) is 21.5. The van der Waals surface area contributed by atoms with E-state index in [-0.39, 0.29) is 24.0 Å². The zero-order valence-corrected chi connectivity index (χ0v) is 21.2. The molecule has 0 unspecified atom stereocenters. The van der Waals surface area contributed by atoms with Gasteiger partial charge in [0.25, 0.3) is 0 Å². The number of hydrogen-bond donors (Lipinski definition) is 2. The first-order valence-corrected chi connectivity index (χ1v) is 11.3. The highest BCUT2D eigenvalue weighted by atomic mass is 127. The molecular weight excluding hydrogens is 515 g/mol. The fourth-order valence-corrected chi connectivity index (χ4v) is 3.95. The Labute approximate surface area is 207 Å². The van der Waals surface area contributed by atoms with Crippen LogP contribution in [0.3, 0.4) is 0 Å². The SMILES string of the molecule is CCNC(=NCc1ccc(C)cc1OC1CCCC1)NCCc1nnc2ccccn12.I. The Morgan fingerprint density at radius 3 is 2.81 bits per heavy atom. The van der Waals surface area contributed by atoms with Gasteiger partial charge in [0.05, 0.1) is 12.6 Å². The maximum atomic E-state index is 6.32. The number of rotatable bonds is 8. The van der Waals surface area contributed by atoms with Crippen molar-refractivity contribution in [2.75, 3.05) is 13.1 Å². The van der Waals surface area contributed by atoms with E-state index in [1.807, 2.05) is 28.8 Å². The summed E-state index contributed by atoms with van der Waals surface area (Å²) >= 11 is 0. The molecule has 172 valence electrons. The van der Waals surface area contributed by atoms with Crippen molar-refractivity contribution in [2.24, 2.45) is 4.99 Å². The van der Waals surface area contributed by atoms with E-state index in [9.17, 15) is 0 Å². The topological polar surface area (TPSA) is 75.8 Å². The zero-order valence-electron chi connectivity index (χ0n) is 18.9. The van der Waals surface area contributed by atoms with Gasteiger partial charge in [-0.1, -0.05) is 18.2 Å². The van der Waals surface area contributed by atoms with Crippen molar-refractivity contribution in [3.8, 4) is 5.75 Å². The molecule has 0 aliphatic heterocycles. The number of aliphatic imine (C=N–C) groups is 1. The Kier molecular flexibility index (Phi) is 9.13. The summed E-state index contributed by atoms with van der Waals surface area (Å²) in [5, 5.41) is 15.3. The van der Waals surface area contributed by atoms with Crippen LogP contribution in [0.15, 0.2) is 47.6 Å². The van der Waals surface area contributed by atoms with Crippen molar-refractivity contribution in [1.82, 2.24) is 25.2 Å². The summed E-state index contributed by atoms with van der Waals surface area (Å²) in [6.45, 7) is 6.28. The normalized spacial score (nSPS) is 14.4. The minimum atomic E-state index is 0. The molecule has 0 saturated heterocycles. The number of pyridine rings is 1. The third kappa shape index (κ3) is 6.34. The molecule has 2 N–H and O–H groups in total. The number of halogens is 1. The number of guanidine groups is 1. The second kappa shape index (κ2) is 12.0. The van der Waals surface area contributed by atoms with E-state index in [4.69, 9.17) is 9.73 Å². The van der Waals surface area contributed by atoms with E-state index in [0.29, 0.717) is 12.6 Å². The monoisotopic (exact) mass is 548 g/mol. The third-order valence-electron chi connectivity index (χ3n) is 5.60. The van der Waals surface area contributed by atoms with Crippen LogP contribution < -0.4 is 15.4 Å². The lowest BCUT2D eigenvalue weighted by Gasteiger charge is -2.17. The van der Waals surface area contributed by atoms with E-state index in [0.717, 1.165) is 61.1 Å². The number of aromatic nitrogens is 3. The lowest BCUT2D eigenvalue weighted by molar-refractivity contribution is 0.208. The smallest absolute Gasteiger partial charge is 0.191 e. The fourth-order valence-electron chi connectivity index (χ4n) is 3.95. The quantitative estimate of drug-likeness (QED) is 0.250. The average molecular weight is 548 g/mol. The van der Waals surface area contributed by atoms with Crippen molar-refractivity contribution >= 4 is 35.6 Å². The Bertz CT molecular complexity index is 1030. The molecule has 0 radical (unpaired) electrons. The largest absolute Gasteiger partial charge is 0.490 e. The van der Waals surface area contributed by atoms with Gasteiger partial charge < -0.3 is 15.4 Å². The minimum absolute atomic E-state index is 0. The molecule has 2 heterocycles. The Morgan fingerprint density at radius 1 is 1.16 bits per heavy atom. The second-order valence-corrected chi connectivity index (χ2v) is 8.05. The molecule has 2 aromatic heterocycles. The highest BCUT2D eigenvalue weighted by molar-refractivity contribution is 14.0. The molecular formula is C24H33IN6O.